The Morgan fingerprint density at radius 1 is 0.861 bits per heavy atom. The van der Waals surface area contributed by atoms with E-state index in [1.807, 2.05) is 85.9 Å². The van der Waals surface area contributed by atoms with Crippen LogP contribution < -0.4 is 0 Å². The number of benzene rings is 3. The van der Waals surface area contributed by atoms with E-state index in [1.165, 1.54) is 0 Å². The minimum absolute atomic E-state index is 0. The molecule has 5 rings (SSSR count). The zero-order chi connectivity index (χ0) is 24.5. The Balaban J connectivity index is 0.000000234. The van der Waals surface area contributed by atoms with E-state index in [0.29, 0.717) is 11.3 Å². The maximum Gasteiger partial charge on any atom is 0.125 e. The largest absolute Gasteiger partial charge is 0.305 e. The van der Waals surface area contributed by atoms with Gasteiger partial charge >= 0.3 is 0 Å². The molecule has 0 aliphatic heterocycles. The molecule has 3 aromatic carbocycles. The standard InChI is InChI=1S/C20H12N3.C11H8N.Ir/c1-14-10-20(16-8-9-17(12-21)19(11-16)22-2)23-13-18(14)15-6-4-3-5-7-15;1-2-6-10(7-3-1)11-8-4-5-9-12-11;/h3-7,9-11,13H,1H3;1-6,8-9H;/q2*-1;. The summed E-state index contributed by atoms with van der Waals surface area (Å²) in [5, 5.41) is 8.99. The molecule has 2 aromatic heterocycles. The molecule has 0 atom stereocenters. The van der Waals surface area contributed by atoms with Gasteiger partial charge in [0.2, 0.25) is 0 Å². The van der Waals surface area contributed by atoms with Gasteiger partial charge in [0.05, 0.1) is 6.57 Å². The first-order valence-corrected chi connectivity index (χ1v) is 10.9. The Morgan fingerprint density at radius 2 is 1.64 bits per heavy atom. The first-order chi connectivity index (χ1) is 17.2. The summed E-state index contributed by atoms with van der Waals surface area (Å²) in [6, 6.07) is 37.1. The van der Waals surface area contributed by atoms with Gasteiger partial charge in [-0.1, -0.05) is 48.5 Å². The monoisotopic (exact) mass is 641 g/mol. The van der Waals surface area contributed by atoms with Crippen LogP contribution in [-0.4, -0.2) is 9.97 Å². The maximum absolute atomic E-state index is 8.99. The third kappa shape index (κ3) is 6.38. The zero-order valence-corrected chi connectivity index (χ0v) is 21.8. The molecule has 36 heavy (non-hydrogen) atoms. The van der Waals surface area contributed by atoms with Gasteiger partial charge in [-0.25, -0.2) is 5.26 Å². The fourth-order valence-electron chi connectivity index (χ4n) is 3.51. The molecule has 0 fully saturated rings. The van der Waals surface area contributed by atoms with Crippen molar-refractivity contribution in [2.45, 2.75) is 6.92 Å². The predicted molar refractivity (Wildman–Crippen MR) is 138 cm³/mol. The summed E-state index contributed by atoms with van der Waals surface area (Å²) in [4.78, 5) is 12.1. The number of hydrogen-bond donors (Lipinski definition) is 0. The number of aryl methyl sites for hydroxylation is 1. The van der Waals surface area contributed by atoms with E-state index in [1.54, 1.807) is 18.3 Å². The molecule has 0 bridgehead atoms. The normalized spacial score (nSPS) is 9.53. The van der Waals surface area contributed by atoms with Crippen LogP contribution in [0.1, 0.15) is 11.1 Å². The van der Waals surface area contributed by atoms with E-state index in [9.17, 15) is 0 Å². The molecule has 0 amide bonds. The van der Waals surface area contributed by atoms with Crippen molar-refractivity contribution in [2.24, 2.45) is 0 Å². The average molecular weight is 641 g/mol. The van der Waals surface area contributed by atoms with E-state index >= 15 is 0 Å². The topological polar surface area (TPSA) is 53.9 Å². The number of nitrogens with zero attached hydrogens (tertiary/aromatic N) is 4. The van der Waals surface area contributed by atoms with Gasteiger partial charge in [-0.15, -0.1) is 59.7 Å². The van der Waals surface area contributed by atoms with Crippen LogP contribution in [0.4, 0.5) is 5.69 Å². The van der Waals surface area contributed by atoms with Crippen molar-refractivity contribution in [1.82, 2.24) is 9.97 Å². The van der Waals surface area contributed by atoms with Crippen LogP contribution in [0.25, 0.3) is 38.5 Å². The molecule has 0 saturated heterocycles. The van der Waals surface area contributed by atoms with Crippen LogP contribution in [0.15, 0.2) is 103 Å². The fraction of sp³-hybridized carbons (Fsp3) is 0.0323. The van der Waals surface area contributed by atoms with Crippen molar-refractivity contribution in [1.29, 1.82) is 5.26 Å². The minimum atomic E-state index is 0. The third-order valence-corrected chi connectivity index (χ3v) is 5.29. The van der Waals surface area contributed by atoms with Gasteiger partial charge in [0, 0.05) is 44.1 Å². The van der Waals surface area contributed by atoms with Gasteiger partial charge in [-0.2, -0.15) is 0 Å². The van der Waals surface area contributed by atoms with Crippen molar-refractivity contribution in [3.8, 4) is 39.7 Å². The van der Waals surface area contributed by atoms with Gasteiger partial charge in [0.25, 0.3) is 0 Å². The van der Waals surface area contributed by atoms with Crippen LogP contribution in [0, 0.1) is 37.0 Å². The molecule has 2 heterocycles. The molecule has 5 heteroatoms. The Bertz CT molecular complexity index is 1470. The maximum atomic E-state index is 8.99. The first kappa shape index (κ1) is 26.2. The first-order valence-electron chi connectivity index (χ1n) is 10.9. The van der Waals surface area contributed by atoms with Gasteiger partial charge in [0.15, 0.2) is 0 Å². The van der Waals surface area contributed by atoms with Gasteiger partial charge in [-0.3, -0.25) is 4.85 Å². The Morgan fingerprint density at radius 3 is 2.28 bits per heavy atom. The molecule has 1 radical (unpaired) electrons. The smallest absolute Gasteiger partial charge is 0.125 e. The second kappa shape index (κ2) is 12.9. The number of rotatable bonds is 3. The molecule has 175 valence electrons. The summed E-state index contributed by atoms with van der Waals surface area (Å²) in [5.41, 5.74) is 7.44. The molecular weight excluding hydrogens is 621 g/mol. The summed E-state index contributed by atoms with van der Waals surface area (Å²) in [7, 11) is 0. The number of aromatic nitrogens is 2. The molecule has 0 aliphatic rings. The van der Waals surface area contributed by atoms with Gasteiger partial charge in [0.1, 0.15) is 5.69 Å². The zero-order valence-electron chi connectivity index (χ0n) is 19.4. The Labute approximate surface area is 225 Å². The van der Waals surface area contributed by atoms with Crippen molar-refractivity contribution in [3.63, 3.8) is 0 Å². The number of nitriles is 1. The van der Waals surface area contributed by atoms with Crippen LogP contribution in [-0.2, 0) is 20.1 Å². The Hall–Kier alpha value is -4.41. The van der Waals surface area contributed by atoms with E-state index in [-0.39, 0.29) is 20.1 Å². The summed E-state index contributed by atoms with van der Waals surface area (Å²) in [6.07, 6.45) is 3.62. The van der Waals surface area contributed by atoms with E-state index < -0.39 is 0 Å². The van der Waals surface area contributed by atoms with Crippen LogP contribution in [0.5, 0.6) is 0 Å². The molecule has 4 nitrogen and oxygen atoms in total. The third-order valence-electron chi connectivity index (χ3n) is 5.29. The van der Waals surface area contributed by atoms with E-state index in [0.717, 1.165) is 39.2 Å². The minimum Gasteiger partial charge on any atom is -0.305 e. The quantitative estimate of drug-likeness (QED) is 0.192. The molecule has 5 aromatic rings. The molecule has 0 N–H and O–H groups in total. The molecule has 0 aliphatic carbocycles. The van der Waals surface area contributed by atoms with Gasteiger partial charge in [-0.05, 0) is 41.1 Å². The molecule has 0 saturated carbocycles. The SMILES string of the molecule is [C-]#[N+]c1cc(-c2cc(C)c(-c3ccccc3)cn2)[c-]cc1C#N.[Ir].[c-]1ccccc1-c1ccccn1. The van der Waals surface area contributed by atoms with Crippen LogP contribution in [0.3, 0.4) is 0 Å². The second-order valence-corrected chi connectivity index (χ2v) is 7.61. The summed E-state index contributed by atoms with van der Waals surface area (Å²) < 4.78 is 0. The van der Waals surface area contributed by atoms with E-state index in [4.69, 9.17) is 11.8 Å². The van der Waals surface area contributed by atoms with Crippen molar-refractivity contribution >= 4 is 5.69 Å². The van der Waals surface area contributed by atoms with E-state index in [2.05, 4.69) is 39.1 Å². The van der Waals surface area contributed by atoms with Crippen molar-refractivity contribution in [2.75, 3.05) is 0 Å². The Kier molecular flexibility index (Phi) is 9.38. The number of pyridine rings is 2. The fourth-order valence-corrected chi connectivity index (χ4v) is 3.51. The average Bonchev–Trinajstić information content (AvgIpc) is 2.94. The molecule has 0 unspecified atom stereocenters. The van der Waals surface area contributed by atoms with Crippen molar-refractivity contribution in [3.05, 3.63) is 138 Å². The summed E-state index contributed by atoms with van der Waals surface area (Å²) in [6.45, 7) is 9.21. The van der Waals surface area contributed by atoms with Crippen LogP contribution >= 0.6 is 0 Å². The molecule has 0 spiro atoms. The van der Waals surface area contributed by atoms with Gasteiger partial charge < -0.3 is 9.97 Å². The second-order valence-electron chi connectivity index (χ2n) is 7.61. The molecular formula is C31H20IrN4-2. The predicted octanol–water partition coefficient (Wildman–Crippen LogP) is 7.49. The summed E-state index contributed by atoms with van der Waals surface area (Å²) >= 11 is 0. The van der Waals surface area contributed by atoms with Crippen LogP contribution in [0.2, 0.25) is 0 Å². The van der Waals surface area contributed by atoms with Crippen molar-refractivity contribution < 1.29 is 20.1 Å². The number of hydrogen-bond acceptors (Lipinski definition) is 3. The summed E-state index contributed by atoms with van der Waals surface area (Å²) in [5.74, 6) is 0.